The van der Waals surface area contributed by atoms with Crippen LogP contribution in [0.5, 0.6) is 5.75 Å². The van der Waals surface area contributed by atoms with Crippen LogP contribution in [0.15, 0.2) is 36.5 Å². The maximum absolute atomic E-state index is 11.6. The first-order chi connectivity index (χ1) is 15.4. The molecule has 0 saturated carbocycles. The van der Waals surface area contributed by atoms with E-state index in [4.69, 9.17) is 14.6 Å². The van der Waals surface area contributed by atoms with E-state index in [0.717, 1.165) is 31.1 Å². The molecule has 0 amide bonds. The van der Waals surface area contributed by atoms with Crippen molar-refractivity contribution in [2.24, 2.45) is 0 Å². The van der Waals surface area contributed by atoms with Crippen LogP contribution in [0, 0.1) is 0 Å². The number of methoxy groups -OCH3 is 1. The summed E-state index contributed by atoms with van der Waals surface area (Å²) in [5, 5.41) is 11.6. The van der Waals surface area contributed by atoms with Gasteiger partial charge < -0.3 is 9.84 Å². The number of aromatic nitrogens is 2. The number of nitrogens with one attached hydrogen (secondary N) is 1. The van der Waals surface area contributed by atoms with Crippen LogP contribution in [0.25, 0.3) is 0 Å². The zero-order valence-electron chi connectivity index (χ0n) is 18.2. The Morgan fingerprint density at radius 3 is 2.45 bits per heavy atom. The fourth-order valence-corrected chi connectivity index (χ4v) is 3.90. The summed E-state index contributed by atoms with van der Waals surface area (Å²) in [4.78, 5) is 11.3. The van der Waals surface area contributed by atoms with Crippen LogP contribution in [0.1, 0.15) is 30.6 Å². The number of alkyl halides is 3. The topological polar surface area (TPSA) is 114 Å². The fraction of sp³-hybridized carbons (Fsp3) is 0.500. The zero-order chi connectivity index (χ0) is 24.6. The van der Waals surface area contributed by atoms with E-state index < -0.39 is 22.2 Å². The normalized spacial score (nSPS) is 16.5. The molecule has 0 fully saturated rings. The predicted octanol–water partition coefficient (Wildman–Crippen LogP) is 2.41. The van der Waals surface area contributed by atoms with Crippen LogP contribution in [0.2, 0.25) is 0 Å². The molecule has 3 rings (SSSR count). The molecule has 0 spiro atoms. The van der Waals surface area contributed by atoms with Crippen LogP contribution in [-0.4, -0.2) is 66.3 Å². The highest BCUT2D eigenvalue weighted by atomic mass is 32.2. The molecule has 0 saturated heterocycles. The molecule has 13 heteroatoms. The number of carboxylic acid groups (broad SMARTS) is 1. The number of fused-ring (bicyclic) bond motifs is 1. The number of benzene rings is 1. The third kappa shape index (κ3) is 8.33. The smallest absolute Gasteiger partial charge is 0.490 e. The number of carboxylic acids is 1. The summed E-state index contributed by atoms with van der Waals surface area (Å²) in [6, 6.07) is 10.3. The second-order valence-electron chi connectivity index (χ2n) is 7.33. The maximum Gasteiger partial charge on any atom is 0.490 e. The number of ether oxygens (including phenoxy) is 1. The van der Waals surface area contributed by atoms with Gasteiger partial charge in [-0.05, 0) is 37.1 Å². The van der Waals surface area contributed by atoms with Crippen molar-refractivity contribution < 1.29 is 36.2 Å². The molecule has 1 unspecified atom stereocenters. The summed E-state index contributed by atoms with van der Waals surface area (Å²) in [5.74, 6) is -1.80. The van der Waals surface area contributed by atoms with Gasteiger partial charge in [0.1, 0.15) is 5.75 Å². The number of nitrogens with zero attached hydrogens (tertiary/aromatic N) is 3. The van der Waals surface area contributed by atoms with Crippen LogP contribution < -0.4 is 9.46 Å². The van der Waals surface area contributed by atoms with Gasteiger partial charge in [-0.3, -0.25) is 9.58 Å². The first-order valence-electron chi connectivity index (χ1n) is 10.1. The standard InChI is InChI=1S/C18H26N4O3S.C2HF3O2/c1-3-26(23,24)20-11-9-17-14-21(13-16-8-10-19-22(16)17)12-15-4-6-18(25-2)7-5-15;3-2(4,5)1(6)7/h4-8,10,17,20H,3,9,11-14H2,1-2H3;(H,6,7). The zero-order valence-corrected chi connectivity index (χ0v) is 19.1. The summed E-state index contributed by atoms with van der Waals surface area (Å²) in [6.07, 6.45) is -2.55. The van der Waals surface area contributed by atoms with Crippen molar-refractivity contribution in [3.63, 3.8) is 0 Å². The third-order valence-electron chi connectivity index (χ3n) is 4.94. The average Bonchev–Trinajstić information content (AvgIpc) is 3.23. The van der Waals surface area contributed by atoms with E-state index in [1.54, 1.807) is 14.0 Å². The van der Waals surface area contributed by atoms with Crippen molar-refractivity contribution in [3.05, 3.63) is 47.8 Å². The van der Waals surface area contributed by atoms with Crippen LogP contribution >= 0.6 is 0 Å². The average molecular weight is 493 g/mol. The van der Waals surface area contributed by atoms with E-state index in [-0.39, 0.29) is 11.8 Å². The number of sulfonamides is 1. The molecular formula is C20H27F3N4O5S. The lowest BCUT2D eigenvalue weighted by atomic mass is 10.1. The predicted molar refractivity (Wildman–Crippen MR) is 114 cm³/mol. The van der Waals surface area contributed by atoms with E-state index >= 15 is 0 Å². The van der Waals surface area contributed by atoms with Gasteiger partial charge in [-0.1, -0.05) is 12.1 Å². The number of halogens is 3. The van der Waals surface area contributed by atoms with E-state index in [1.807, 2.05) is 29.1 Å². The minimum atomic E-state index is -5.08. The molecule has 2 N–H and O–H groups in total. The van der Waals surface area contributed by atoms with Gasteiger partial charge in [0, 0.05) is 32.4 Å². The first-order valence-corrected chi connectivity index (χ1v) is 11.8. The summed E-state index contributed by atoms with van der Waals surface area (Å²) in [7, 11) is -1.49. The summed E-state index contributed by atoms with van der Waals surface area (Å²) in [6.45, 7) is 4.59. The largest absolute Gasteiger partial charge is 0.497 e. The van der Waals surface area contributed by atoms with Gasteiger partial charge >= 0.3 is 12.1 Å². The van der Waals surface area contributed by atoms with Crippen molar-refractivity contribution in [1.82, 2.24) is 19.4 Å². The highest BCUT2D eigenvalue weighted by Gasteiger charge is 2.38. The number of carbonyl (C=O) groups is 1. The Morgan fingerprint density at radius 2 is 1.91 bits per heavy atom. The number of hydrogen-bond donors (Lipinski definition) is 2. The van der Waals surface area contributed by atoms with Gasteiger partial charge in [0.05, 0.1) is 24.6 Å². The Hall–Kier alpha value is -2.64. The number of rotatable bonds is 8. The lowest BCUT2D eigenvalue weighted by Gasteiger charge is -2.34. The molecule has 1 aromatic heterocycles. The Morgan fingerprint density at radius 1 is 1.27 bits per heavy atom. The van der Waals surface area contributed by atoms with Gasteiger partial charge in [-0.2, -0.15) is 18.3 Å². The molecule has 9 nitrogen and oxygen atoms in total. The van der Waals surface area contributed by atoms with Gasteiger partial charge in [0.2, 0.25) is 10.0 Å². The monoisotopic (exact) mass is 492 g/mol. The highest BCUT2D eigenvalue weighted by Crippen LogP contribution is 2.24. The van der Waals surface area contributed by atoms with Crippen molar-refractivity contribution in [3.8, 4) is 5.75 Å². The van der Waals surface area contributed by atoms with Crippen molar-refractivity contribution >= 4 is 16.0 Å². The molecule has 33 heavy (non-hydrogen) atoms. The van der Waals surface area contributed by atoms with E-state index in [0.29, 0.717) is 13.0 Å². The molecule has 0 aliphatic carbocycles. The van der Waals surface area contributed by atoms with Crippen LogP contribution in [-0.2, 0) is 27.9 Å². The number of aliphatic carboxylic acids is 1. The van der Waals surface area contributed by atoms with Gasteiger partial charge in [0.15, 0.2) is 0 Å². The fourth-order valence-electron chi connectivity index (χ4n) is 3.27. The molecule has 1 aliphatic heterocycles. The Labute approximate surface area is 190 Å². The summed E-state index contributed by atoms with van der Waals surface area (Å²) < 4.78 is 64.9. The molecule has 2 heterocycles. The SMILES string of the molecule is CCS(=O)(=O)NCCC1CN(Cc2ccc(OC)cc2)Cc2ccnn21.O=C(O)C(F)(F)F. The molecule has 1 atom stereocenters. The Kier molecular flexibility index (Phi) is 9.25. The van der Waals surface area contributed by atoms with Crippen LogP contribution in [0.3, 0.4) is 0 Å². The molecule has 1 aromatic carbocycles. The van der Waals surface area contributed by atoms with Gasteiger partial charge in [-0.15, -0.1) is 0 Å². The quantitative estimate of drug-likeness (QED) is 0.582. The minimum absolute atomic E-state index is 0.105. The van der Waals surface area contributed by atoms with E-state index in [1.165, 1.54) is 5.56 Å². The lowest BCUT2D eigenvalue weighted by Crippen LogP contribution is -2.39. The van der Waals surface area contributed by atoms with E-state index in [9.17, 15) is 21.6 Å². The second-order valence-corrected chi connectivity index (χ2v) is 9.42. The second kappa shape index (κ2) is 11.5. The Balaban J connectivity index is 0.000000479. The van der Waals surface area contributed by atoms with Crippen LogP contribution in [0.4, 0.5) is 13.2 Å². The first kappa shape index (κ1) is 26.6. The summed E-state index contributed by atoms with van der Waals surface area (Å²) in [5.41, 5.74) is 2.39. The van der Waals surface area contributed by atoms with Crippen molar-refractivity contribution in [2.45, 2.75) is 38.7 Å². The highest BCUT2D eigenvalue weighted by molar-refractivity contribution is 7.89. The maximum atomic E-state index is 11.6. The van der Waals surface area contributed by atoms with Gasteiger partial charge in [-0.25, -0.2) is 17.9 Å². The molecule has 0 bridgehead atoms. The van der Waals surface area contributed by atoms with Gasteiger partial charge in [0.25, 0.3) is 0 Å². The molecule has 1 aliphatic rings. The molecule has 0 radical (unpaired) electrons. The minimum Gasteiger partial charge on any atom is -0.497 e. The third-order valence-corrected chi connectivity index (χ3v) is 6.34. The molecule has 2 aromatic rings. The van der Waals surface area contributed by atoms with Crippen molar-refractivity contribution in [1.29, 1.82) is 0 Å². The Bertz CT molecular complexity index is 1010. The molecule has 184 valence electrons. The lowest BCUT2D eigenvalue weighted by molar-refractivity contribution is -0.192. The van der Waals surface area contributed by atoms with E-state index in [2.05, 4.69) is 26.9 Å². The van der Waals surface area contributed by atoms with Crippen molar-refractivity contribution in [2.75, 3.05) is 26.0 Å². The summed E-state index contributed by atoms with van der Waals surface area (Å²) >= 11 is 0. The number of hydrogen-bond acceptors (Lipinski definition) is 6. The molecular weight excluding hydrogens is 465 g/mol.